The molecule has 5 nitrogen and oxygen atoms in total. The lowest BCUT2D eigenvalue weighted by Gasteiger charge is -2.29. The Hall–Kier alpha value is -2.21. The second-order valence-electron chi connectivity index (χ2n) is 7.92. The van der Waals surface area contributed by atoms with E-state index >= 15 is 0 Å². The van der Waals surface area contributed by atoms with Crippen LogP contribution in [-0.2, 0) is 9.59 Å². The summed E-state index contributed by atoms with van der Waals surface area (Å²) in [5, 5.41) is 10.4. The van der Waals surface area contributed by atoms with Gasteiger partial charge in [-0.15, -0.1) is 0 Å². The summed E-state index contributed by atoms with van der Waals surface area (Å²) in [6.07, 6.45) is 0.647. The van der Waals surface area contributed by atoms with Gasteiger partial charge in [0.1, 0.15) is 5.82 Å². The van der Waals surface area contributed by atoms with Gasteiger partial charge in [0.15, 0.2) is 11.5 Å². The molecule has 1 aliphatic heterocycles. The Bertz CT molecular complexity index is 735. The number of nitrogens with zero attached hydrogens (tertiary/aromatic N) is 2. The fraction of sp³-hybridized carbons (Fsp3) is 0.500. The molecule has 1 unspecified atom stereocenters. The smallest absolute Gasteiger partial charge is 0.290 e. The average Bonchev–Trinajstić information content (AvgIpc) is 2.78. The van der Waals surface area contributed by atoms with E-state index in [0.717, 1.165) is 6.54 Å². The number of amides is 1. The highest BCUT2D eigenvalue weighted by Gasteiger charge is 2.46. The molecule has 26 heavy (non-hydrogen) atoms. The third kappa shape index (κ3) is 3.96. The molecule has 0 spiro atoms. The van der Waals surface area contributed by atoms with Crippen molar-refractivity contribution in [1.82, 2.24) is 9.80 Å². The highest BCUT2D eigenvalue weighted by molar-refractivity contribution is 6.10. The molecule has 0 saturated heterocycles. The predicted octanol–water partition coefficient (Wildman–Crippen LogP) is 3.09. The van der Waals surface area contributed by atoms with Gasteiger partial charge in [-0.3, -0.25) is 9.59 Å². The number of rotatable bonds is 6. The number of hydrogen-bond donors (Lipinski definition) is 1. The van der Waals surface area contributed by atoms with Gasteiger partial charge in [-0.2, -0.15) is 0 Å². The monoisotopic (exact) mass is 362 g/mol. The zero-order valence-electron chi connectivity index (χ0n) is 16.0. The molecular weight excluding hydrogens is 335 g/mol. The standard InChI is InChI=1S/C20H27FN2O3/c1-20(2,3)18(25)15-16(13-9-6-7-10-14(13)21)23(19(26)17(15)24)12-8-11-22(4)5/h6-7,9-10,16,24H,8,11-12H2,1-5H3. The van der Waals surface area contributed by atoms with Crippen LogP contribution in [0.1, 0.15) is 38.8 Å². The summed E-state index contributed by atoms with van der Waals surface area (Å²) in [6.45, 7) is 6.20. The number of benzene rings is 1. The fourth-order valence-corrected chi connectivity index (χ4v) is 3.10. The van der Waals surface area contributed by atoms with Gasteiger partial charge in [0, 0.05) is 17.5 Å². The summed E-state index contributed by atoms with van der Waals surface area (Å²) in [6, 6.07) is 5.17. The van der Waals surface area contributed by atoms with Gasteiger partial charge in [0.05, 0.1) is 11.6 Å². The summed E-state index contributed by atoms with van der Waals surface area (Å²) in [5.41, 5.74) is -0.591. The Morgan fingerprint density at radius 3 is 2.42 bits per heavy atom. The van der Waals surface area contributed by atoms with E-state index < -0.39 is 28.9 Å². The summed E-state index contributed by atoms with van der Waals surface area (Å²) in [5.74, 6) is -2.05. The third-order valence-corrected chi connectivity index (χ3v) is 4.43. The van der Waals surface area contributed by atoms with Gasteiger partial charge in [0.25, 0.3) is 5.91 Å². The maximum atomic E-state index is 14.5. The highest BCUT2D eigenvalue weighted by atomic mass is 19.1. The first-order valence-corrected chi connectivity index (χ1v) is 8.73. The lowest BCUT2D eigenvalue weighted by molar-refractivity contribution is -0.129. The molecule has 1 atom stereocenters. The van der Waals surface area contributed by atoms with E-state index in [9.17, 15) is 19.1 Å². The topological polar surface area (TPSA) is 60.9 Å². The van der Waals surface area contributed by atoms with E-state index in [2.05, 4.69) is 0 Å². The molecule has 0 bridgehead atoms. The van der Waals surface area contributed by atoms with Crippen LogP contribution in [0.4, 0.5) is 4.39 Å². The van der Waals surface area contributed by atoms with Gasteiger partial charge in [-0.1, -0.05) is 39.0 Å². The van der Waals surface area contributed by atoms with E-state index in [1.54, 1.807) is 39.0 Å². The molecule has 1 aromatic carbocycles. The van der Waals surface area contributed by atoms with Crippen molar-refractivity contribution in [2.45, 2.75) is 33.2 Å². The Labute approximate surface area is 154 Å². The first-order valence-electron chi connectivity index (χ1n) is 8.73. The van der Waals surface area contributed by atoms with Crippen molar-refractivity contribution in [2.75, 3.05) is 27.2 Å². The molecule has 1 aliphatic rings. The van der Waals surface area contributed by atoms with Crippen molar-refractivity contribution in [3.63, 3.8) is 0 Å². The average molecular weight is 362 g/mol. The fourth-order valence-electron chi connectivity index (χ4n) is 3.10. The minimum atomic E-state index is -0.905. The number of aliphatic hydroxyl groups is 1. The minimum absolute atomic E-state index is 0.0162. The van der Waals surface area contributed by atoms with Crippen LogP contribution in [0.15, 0.2) is 35.6 Å². The molecule has 6 heteroatoms. The maximum Gasteiger partial charge on any atom is 0.290 e. The van der Waals surface area contributed by atoms with Gasteiger partial charge in [-0.05, 0) is 33.1 Å². The third-order valence-electron chi connectivity index (χ3n) is 4.43. The molecule has 0 aliphatic carbocycles. The molecule has 0 radical (unpaired) electrons. The van der Waals surface area contributed by atoms with Gasteiger partial charge in [-0.25, -0.2) is 4.39 Å². The predicted molar refractivity (Wildman–Crippen MR) is 98.1 cm³/mol. The molecule has 1 N–H and O–H groups in total. The van der Waals surface area contributed by atoms with Crippen LogP contribution in [-0.4, -0.2) is 53.8 Å². The number of aliphatic hydroxyl groups excluding tert-OH is 1. The van der Waals surface area contributed by atoms with Crippen molar-refractivity contribution in [1.29, 1.82) is 0 Å². The van der Waals surface area contributed by atoms with Crippen LogP contribution in [0.5, 0.6) is 0 Å². The van der Waals surface area contributed by atoms with Crippen LogP contribution in [0.25, 0.3) is 0 Å². The molecule has 0 saturated carbocycles. The van der Waals surface area contributed by atoms with Crippen molar-refractivity contribution >= 4 is 11.7 Å². The molecule has 2 rings (SSSR count). The lowest BCUT2D eigenvalue weighted by atomic mass is 9.82. The number of halogens is 1. The summed E-state index contributed by atoms with van der Waals surface area (Å²) in [4.78, 5) is 28.9. The molecular formula is C20H27FN2O3. The maximum absolute atomic E-state index is 14.5. The Balaban J connectivity index is 2.49. The number of carbonyl (C=O) groups is 2. The van der Waals surface area contributed by atoms with Gasteiger partial charge >= 0.3 is 0 Å². The Morgan fingerprint density at radius 1 is 1.27 bits per heavy atom. The number of carbonyl (C=O) groups excluding carboxylic acids is 2. The number of ketones is 1. The molecule has 1 aromatic rings. The Morgan fingerprint density at radius 2 is 1.88 bits per heavy atom. The van der Waals surface area contributed by atoms with Crippen LogP contribution >= 0.6 is 0 Å². The Kier molecular flexibility index (Phi) is 5.86. The lowest BCUT2D eigenvalue weighted by Crippen LogP contribution is -2.35. The van der Waals surface area contributed by atoms with Crippen LogP contribution in [0.2, 0.25) is 0 Å². The molecule has 0 aromatic heterocycles. The van der Waals surface area contributed by atoms with Gasteiger partial charge < -0.3 is 14.9 Å². The normalized spacial score (nSPS) is 18.2. The SMILES string of the molecule is CN(C)CCCN1C(=O)C(O)=C(C(=O)C(C)(C)C)C1c1ccccc1F. The number of hydrogen-bond acceptors (Lipinski definition) is 4. The largest absolute Gasteiger partial charge is 0.503 e. The van der Waals surface area contributed by atoms with Crippen molar-refractivity contribution < 1.29 is 19.1 Å². The quantitative estimate of drug-likeness (QED) is 0.845. The molecule has 142 valence electrons. The first kappa shape index (κ1) is 20.1. The van der Waals surface area contributed by atoms with E-state index in [1.165, 1.54) is 11.0 Å². The van der Waals surface area contributed by atoms with E-state index in [4.69, 9.17) is 0 Å². The van der Waals surface area contributed by atoms with Gasteiger partial charge in [0.2, 0.25) is 0 Å². The summed E-state index contributed by atoms with van der Waals surface area (Å²) in [7, 11) is 3.84. The van der Waals surface area contributed by atoms with Crippen molar-refractivity contribution in [2.24, 2.45) is 5.41 Å². The van der Waals surface area contributed by atoms with E-state index in [-0.39, 0.29) is 16.9 Å². The second-order valence-corrected chi connectivity index (χ2v) is 7.92. The molecule has 1 amide bonds. The number of Topliss-reactive ketones (excluding diaryl/α,β-unsaturated/α-hetero) is 1. The van der Waals surface area contributed by atoms with Crippen LogP contribution in [0.3, 0.4) is 0 Å². The summed E-state index contributed by atoms with van der Waals surface area (Å²) < 4.78 is 14.5. The summed E-state index contributed by atoms with van der Waals surface area (Å²) >= 11 is 0. The van der Waals surface area contributed by atoms with E-state index in [1.807, 2.05) is 19.0 Å². The minimum Gasteiger partial charge on any atom is -0.503 e. The van der Waals surface area contributed by atoms with Crippen LogP contribution in [0, 0.1) is 11.2 Å². The first-order chi connectivity index (χ1) is 12.1. The molecule has 0 fully saturated rings. The van der Waals surface area contributed by atoms with Crippen LogP contribution < -0.4 is 0 Å². The molecule has 1 heterocycles. The highest BCUT2D eigenvalue weighted by Crippen LogP contribution is 2.41. The second kappa shape index (κ2) is 7.58. The zero-order valence-corrected chi connectivity index (χ0v) is 16.0. The zero-order chi connectivity index (χ0) is 19.6. The van der Waals surface area contributed by atoms with E-state index in [0.29, 0.717) is 13.0 Å². The van der Waals surface area contributed by atoms with Crippen molar-refractivity contribution in [3.05, 3.63) is 47.0 Å². The van der Waals surface area contributed by atoms with Crippen molar-refractivity contribution in [3.8, 4) is 0 Å².